The summed E-state index contributed by atoms with van der Waals surface area (Å²) in [6.07, 6.45) is 0.498. The lowest BCUT2D eigenvalue weighted by atomic mass is 10.0. The molecule has 0 saturated carbocycles. The highest BCUT2D eigenvalue weighted by atomic mass is 16.5. The van der Waals surface area contributed by atoms with Gasteiger partial charge < -0.3 is 19.5 Å². The topological polar surface area (TPSA) is 59.0 Å². The summed E-state index contributed by atoms with van der Waals surface area (Å²) in [5.41, 5.74) is 1.91. The first-order chi connectivity index (χ1) is 11.0. The maximum Gasteiger partial charge on any atom is 0.307 e. The lowest BCUT2D eigenvalue weighted by Crippen LogP contribution is -2.28. The first-order valence-corrected chi connectivity index (χ1v) is 8.22. The molecule has 0 aliphatic heterocycles. The van der Waals surface area contributed by atoms with Gasteiger partial charge in [-0.1, -0.05) is 13.0 Å². The predicted octanol–water partition coefficient (Wildman–Crippen LogP) is 2.70. The number of aliphatic hydroxyl groups excluding tert-OH is 1. The summed E-state index contributed by atoms with van der Waals surface area (Å²) in [4.78, 5) is 13.6. The third kappa shape index (κ3) is 6.59. The molecule has 1 unspecified atom stereocenters. The van der Waals surface area contributed by atoms with Gasteiger partial charge in [0.15, 0.2) is 0 Å². The van der Waals surface area contributed by atoms with Crippen molar-refractivity contribution in [2.45, 2.75) is 39.7 Å². The third-order valence-corrected chi connectivity index (χ3v) is 3.91. The van der Waals surface area contributed by atoms with E-state index in [1.54, 1.807) is 7.11 Å². The molecule has 5 heteroatoms. The number of esters is 1. The number of carbonyl (C=O) groups excluding carboxylic acids is 1. The van der Waals surface area contributed by atoms with Gasteiger partial charge in [0.1, 0.15) is 5.75 Å². The zero-order valence-corrected chi connectivity index (χ0v) is 14.7. The number of methoxy groups -OCH3 is 1. The Balaban J connectivity index is 2.48. The van der Waals surface area contributed by atoms with Crippen LogP contribution in [0.25, 0.3) is 0 Å². The van der Waals surface area contributed by atoms with Crippen molar-refractivity contribution < 1.29 is 19.4 Å². The van der Waals surface area contributed by atoms with Crippen LogP contribution in [0.15, 0.2) is 18.2 Å². The van der Waals surface area contributed by atoms with E-state index in [2.05, 4.69) is 11.8 Å². The molecular weight excluding hydrogens is 294 g/mol. The van der Waals surface area contributed by atoms with Crippen molar-refractivity contribution in [2.75, 3.05) is 33.4 Å². The number of hydrogen-bond acceptors (Lipinski definition) is 5. The van der Waals surface area contributed by atoms with Crippen LogP contribution in [0.5, 0.6) is 5.75 Å². The molecule has 0 heterocycles. The van der Waals surface area contributed by atoms with Crippen LogP contribution < -0.4 is 4.74 Å². The molecule has 0 radical (unpaired) electrons. The van der Waals surface area contributed by atoms with Crippen LogP contribution >= 0.6 is 0 Å². The molecule has 23 heavy (non-hydrogen) atoms. The molecule has 130 valence electrons. The highest BCUT2D eigenvalue weighted by Gasteiger charge is 2.13. The van der Waals surface area contributed by atoms with Crippen LogP contribution in [-0.2, 0) is 9.53 Å². The summed E-state index contributed by atoms with van der Waals surface area (Å²) in [5.74, 6) is 0.655. The Morgan fingerprint density at radius 1 is 1.30 bits per heavy atom. The van der Waals surface area contributed by atoms with Crippen molar-refractivity contribution in [3.8, 4) is 5.75 Å². The molecule has 0 aromatic heterocycles. The van der Waals surface area contributed by atoms with Gasteiger partial charge in [-0.2, -0.15) is 0 Å². The molecule has 0 bridgehead atoms. The number of benzene rings is 1. The van der Waals surface area contributed by atoms with Crippen molar-refractivity contribution in [3.05, 3.63) is 29.3 Å². The van der Waals surface area contributed by atoms with E-state index in [4.69, 9.17) is 9.47 Å². The number of hydrogen-bond donors (Lipinski definition) is 1. The maximum atomic E-state index is 11.4. The summed E-state index contributed by atoms with van der Waals surface area (Å²) in [6, 6.07) is 5.73. The lowest BCUT2D eigenvalue weighted by Gasteiger charge is -2.22. The molecule has 0 aliphatic rings. The van der Waals surface area contributed by atoms with E-state index in [9.17, 15) is 9.90 Å². The zero-order chi connectivity index (χ0) is 17.2. The molecule has 1 N–H and O–H groups in total. The van der Waals surface area contributed by atoms with Crippen LogP contribution in [0.2, 0.25) is 0 Å². The average molecular weight is 323 g/mol. The van der Waals surface area contributed by atoms with Gasteiger partial charge in [-0.25, -0.2) is 0 Å². The summed E-state index contributed by atoms with van der Waals surface area (Å²) in [7, 11) is 1.64. The van der Waals surface area contributed by atoms with Crippen LogP contribution in [0.4, 0.5) is 0 Å². The lowest BCUT2D eigenvalue weighted by molar-refractivity contribution is -0.143. The summed E-state index contributed by atoms with van der Waals surface area (Å²) in [5, 5.41) is 10.4. The number of aliphatic hydroxyl groups is 1. The summed E-state index contributed by atoms with van der Waals surface area (Å²) in [6.45, 7) is 8.48. The van der Waals surface area contributed by atoms with Crippen molar-refractivity contribution in [1.29, 1.82) is 0 Å². The molecule has 1 rings (SSSR count). The van der Waals surface area contributed by atoms with Gasteiger partial charge in [0.25, 0.3) is 0 Å². The van der Waals surface area contributed by atoms with E-state index in [0.717, 1.165) is 30.0 Å². The first-order valence-electron chi connectivity index (χ1n) is 8.22. The van der Waals surface area contributed by atoms with Crippen molar-refractivity contribution >= 4 is 5.97 Å². The van der Waals surface area contributed by atoms with Gasteiger partial charge in [-0.05, 0) is 50.1 Å². The van der Waals surface area contributed by atoms with Crippen LogP contribution in [0.3, 0.4) is 0 Å². The molecule has 0 saturated heterocycles. The Hall–Kier alpha value is -1.59. The number of nitrogens with zero attached hydrogens (tertiary/aromatic N) is 1. The standard InChI is InChI=1S/C18H29NO4/c1-5-19(12-10-18(21)23-6-2)11-9-16(20)15-7-8-17(22-4)14(3)13-15/h7-8,13,16,20H,5-6,9-12H2,1-4H3. The van der Waals surface area contributed by atoms with Gasteiger partial charge in [-0.3, -0.25) is 4.79 Å². The SMILES string of the molecule is CCOC(=O)CCN(CC)CCC(O)c1ccc(OC)c(C)c1. The highest BCUT2D eigenvalue weighted by Crippen LogP contribution is 2.24. The maximum absolute atomic E-state index is 11.4. The van der Waals surface area contributed by atoms with Crippen molar-refractivity contribution in [1.82, 2.24) is 4.90 Å². The van der Waals surface area contributed by atoms with E-state index in [-0.39, 0.29) is 5.97 Å². The van der Waals surface area contributed by atoms with Crippen LogP contribution in [0.1, 0.15) is 43.9 Å². The Labute approximate surface area is 139 Å². The molecule has 1 aromatic rings. The summed E-state index contributed by atoms with van der Waals surface area (Å²) < 4.78 is 10.2. The fraction of sp³-hybridized carbons (Fsp3) is 0.611. The van der Waals surface area contributed by atoms with Crippen LogP contribution in [0, 0.1) is 6.92 Å². The Bertz CT molecular complexity index is 490. The second-order valence-corrected chi connectivity index (χ2v) is 5.52. The normalized spacial score (nSPS) is 12.3. The quantitative estimate of drug-likeness (QED) is 0.671. The average Bonchev–Trinajstić information content (AvgIpc) is 2.54. The third-order valence-electron chi connectivity index (χ3n) is 3.91. The van der Waals surface area contributed by atoms with Gasteiger partial charge in [-0.15, -0.1) is 0 Å². The van der Waals surface area contributed by atoms with Crippen molar-refractivity contribution in [3.63, 3.8) is 0 Å². The minimum Gasteiger partial charge on any atom is -0.496 e. The van der Waals surface area contributed by atoms with Gasteiger partial charge >= 0.3 is 5.97 Å². The summed E-state index contributed by atoms with van der Waals surface area (Å²) >= 11 is 0. The second kappa shape index (κ2) is 10.2. The van der Waals surface area contributed by atoms with E-state index >= 15 is 0 Å². The second-order valence-electron chi connectivity index (χ2n) is 5.52. The molecular formula is C18H29NO4. The van der Waals surface area contributed by atoms with Gasteiger partial charge in [0, 0.05) is 13.1 Å². The van der Waals surface area contributed by atoms with Gasteiger partial charge in [0.2, 0.25) is 0 Å². The minimum absolute atomic E-state index is 0.169. The Morgan fingerprint density at radius 3 is 2.61 bits per heavy atom. The van der Waals surface area contributed by atoms with Crippen molar-refractivity contribution in [2.24, 2.45) is 0 Å². The molecule has 1 atom stereocenters. The number of carbonyl (C=O) groups is 1. The molecule has 0 spiro atoms. The Kier molecular flexibility index (Phi) is 8.66. The monoisotopic (exact) mass is 323 g/mol. The number of aryl methyl sites for hydroxylation is 1. The molecule has 1 aromatic carbocycles. The zero-order valence-electron chi connectivity index (χ0n) is 14.7. The predicted molar refractivity (Wildman–Crippen MR) is 90.7 cm³/mol. The number of ether oxygens (including phenoxy) is 2. The fourth-order valence-electron chi connectivity index (χ4n) is 2.49. The minimum atomic E-state index is -0.517. The number of rotatable bonds is 10. The molecule has 5 nitrogen and oxygen atoms in total. The Morgan fingerprint density at radius 2 is 2.04 bits per heavy atom. The fourth-order valence-corrected chi connectivity index (χ4v) is 2.49. The molecule has 0 aliphatic carbocycles. The van der Waals surface area contributed by atoms with E-state index in [0.29, 0.717) is 26.0 Å². The smallest absolute Gasteiger partial charge is 0.307 e. The van der Waals surface area contributed by atoms with Crippen LogP contribution in [-0.4, -0.2) is 49.3 Å². The van der Waals surface area contributed by atoms with E-state index < -0.39 is 6.10 Å². The van der Waals surface area contributed by atoms with Gasteiger partial charge in [0.05, 0.1) is 26.2 Å². The van der Waals surface area contributed by atoms with E-state index in [1.165, 1.54) is 0 Å². The molecule has 0 amide bonds. The highest BCUT2D eigenvalue weighted by molar-refractivity contribution is 5.69. The first kappa shape index (κ1) is 19.5. The molecule has 0 fully saturated rings. The van der Waals surface area contributed by atoms with E-state index in [1.807, 2.05) is 32.0 Å². The largest absolute Gasteiger partial charge is 0.496 e.